The first-order chi connectivity index (χ1) is 35.9. The highest BCUT2D eigenvalue weighted by atomic mass is 16.6. The lowest BCUT2D eigenvalue weighted by Crippen LogP contribution is -2.29. The summed E-state index contributed by atoms with van der Waals surface area (Å²) in [5.74, 6) is -1.75. The number of carbonyl (C=O) groups is 2. The number of aromatic hydroxyl groups is 2. The molecule has 2 amide bonds. The van der Waals surface area contributed by atoms with E-state index in [0.717, 1.165) is 0 Å². The van der Waals surface area contributed by atoms with Gasteiger partial charge in [0.15, 0.2) is 28.1 Å². The summed E-state index contributed by atoms with van der Waals surface area (Å²) < 4.78 is 60.6. The third-order valence-electron chi connectivity index (χ3n) is 12.5. The van der Waals surface area contributed by atoms with Crippen molar-refractivity contribution in [2.45, 2.75) is 32.6 Å². The van der Waals surface area contributed by atoms with Crippen LogP contribution < -0.4 is 41.0 Å². The van der Waals surface area contributed by atoms with E-state index in [4.69, 9.17) is 57.1 Å². The Kier molecular flexibility index (Phi) is 22.0. The molecule has 1 unspecified atom stereocenters. The van der Waals surface area contributed by atoms with Gasteiger partial charge in [-0.2, -0.15) is 0 Å². The van der Waals surface area contributed by atoms with Gasteiger partial charge in [0.05, 0.1) is 130 Å². The molecular formula is C53H70N4O17. The van der Waals surface area contributed by atoms with E-state index in [1.807, 2.05) is 13.0 Å². The highest BCUT2D eigenvalue weighted by molar-refractivity contribution is 6.40. The van der Waals surface area contributed by atoms with E-state index in [0.29, 0.717) is 134 Å². The second-order valence-electron chi connectivity index (χ2n) is 17.2. The molecule has 1 aliphatic rings. The molecule has 0 aromatic heterocycles. The van der Waals surface area contributed by atoms with Crippen molar-refractivity contribution >= 4 is 72.4 Å². The molecule has 0 saturated carbocycles. The van der Waals surface area contributed by atoms with Gasteiger partial charge >= 0.3 is 0 Å². The SMILES string of the molecule is COCCOCCOCCOCCNC(=O)CCN=C(C)C1C(C)=Cc2c(NCCC(=O)NCCOCCOCCOCCOC)c(O)c3c(=O)cc(OC)c4c5c(OC)cc(=O)c6c(O)c(OC)c1c(c2c34)c65. The van der Waals surface area contributed by atoms with Gasteiger partial charge in [0.25, 0.3) is 0 Å². The van der Waals surface area contributed by atoms with Gasteiger partial charge in [0.2, 0.25) is 11.8 Å². The van der Waals surface area contributed by atoms with E-state index in [-0.39, 0.29) is 104 Å². The summed E-state index contributed by atoms with van der Waals surface area (Å²) in [6.07, 6.45) is 1.89. The number of amides is 2. The second-order valence-corrected chi connectivity index (χ2v) is 17.2. The molecule has 21 nitrogen and oxygen atoms in total. The smallest absolute Gasteiger partial charge is 0.221 e. The molecule has 0 radical (unpaired) electrons. The summed E-state index contributed by atoms with van der Waals surface area (Å²) in [6, 6.07) is 2.52. The summed E-state index contributed by atoms with van der Waals surface area (Å²) in [5.41, 5.74) is 1.14. The zero-order chi connectivity index (χ0) is 53.1. The number of phenols is 2. The predicted octanol–water partition coefficient (Wildman–Crippen LogP) is 4.11. The van der Waals surface area contributed by atoms with Crippen molar-refractivity contribution in [1.82, 2.24) is 10.6 Å². The van der Waals surface area contributed by atoms with Gasteiger partial charge in [0, 0.05) is 115 Å². The molecule has 0 fully saturated rings. The maximum Gasteiger partial charge on any atom is 0.221 e. The minimum atomic E-state index is -0.740. The van der Waals surface area contributed by atoms with Gasteiger partial charge in [-0.3, -0.25) is 24.2 Å². The number of carbonyl (C=O) groups excluding carboxylic acids is 2. The average Bonchev–Trinajstić information content (AvgIpc) is 3.51. The standard InChI is InChI=1S/C53H70N4O17/c1-31-28-33-41-46-42(51(62)50(33)57-11-9-39(61)56-13-15-70-21-23-74-27-25-72-19-17-65-4)34(58)29-36(66-5)44(46)45-37(67-6)30-35(59)43-48(45)47(41)49(53(68-7)52(43)63)40(31)32(2)54-10-8-38(60)55-12-14-69-20-22-73-26-24-71-18-16-64-3/h28-30,40,57,62-63H,8-27H2,1-7H3,(H,55,60)(H,56,61). The van der Waals surface area contributed by atoms with E-state index in [9.17, 15) is 29.4 Å². The van der Waals surface area contributed by atoms with Crippen LogP contribution in [0.2, 0.25) is 0 Å². The van der Waals surface area contributed by atoms with Gasteiger partial charge < -0.3 is 78.3 Å². The van der Waals surface area contributed by atoms with Gasteiger partial charge in [-0.1, -0.05) is 11.6 Å². The number of aliphatic imine (C=N–C) groups is 1. The molecule has 1 atom stereocenters. The number of anilines is 1. The quantitative estimate of drug-likeness (QED) is 0.0126. The van der Waals surface area contributed by atoms with Crippen molar-refractivity contribution in [3.8, 4) is 28.7 Å². The Morgan fingerprint density at radius 1 is 0.554 bits per heavy atom. The largest absolute Gasteiger partial charge is 0.505 e. The maximum absolute atomic E-state index is 14.3. The molecule has 21 heteroatoms. The molecule has 0 saturated heterocycles. The minimum Gasteiger partial charge on any atom is -0.505 e. The van der Waals surface area contributed by atoms with Crippen LogP contribution in [0.15, 0.2) is 32.3 Å². The fourth-order valence-corrected chi connectivity index (χ4v) is 9.26. The second kappa shape index (κ2) is 28.5. The lowest BCUT2D eigenvalue weighted by molar-refractivity contribution is -0.121. The third-order valence-corrected chi connectivity index (χ3v) is 12.5. The normalized spacial score (nSPS) is 13.6. The molecule has 74 heavy (non-hydrogen) atoms. The molecule has 1 aliphatic carbocycles. The highest BCUT2D eigenvalue weighted by Crippen LogP contribution is 2.58. The van der Waals surface area contributed by atoms with Crippen LogP contribution in [0.1, 0.15) is 43.7 Å². The summed E-state index contributed by atoms with van der Waals surface area (Å²) in [6.45, 7) is 10.1. The molecule has 404 valence electrons. The number of ether oxygens (including phenoxy) is 11. The molecule has 5 aromatic rings. The Morgan fingerprint density at radius 2 is 1.01 bits per heavy atom. The summed E-state index contributed by atoms with van der Waals surface area (Å²) >= 11 is 0. The van der Waals surface area contributed by atoms with Crippen LogP contribution in [-0.4, -0.2) is 182 Å². The van der Waals surface area contributed by atoms with Crippen LogP contribution in [-0.2, 0) is 47.5 Å². The Bertz CT molecular complexity index is 2870. The number of nitrogens with one attached hydrogen (secondary N) is 3. The highest BCUT2D eigenvalue weighted by Gasteiger charge is 2.37. The number of methoxy groups -OCH3 is 5. The molecule has 0 spiro atoms. The van der Waals surface area contributed by atoms with E-state index in [2.05, 4.69) is 16.0 Å². The zero-order valence-electron chi connectivity index (χ0n) is 43.4. The zero-order valence-corrected chi connectivity index (χ0v) is 43.4. The van der Waals surface area contributed by atoms with Crippen LogP contribution in [0, 0.1) is 0 Å². The van der Waals surface area contributed by atoms with Crippen molar-refractivity contribution in [2.75, 3.05) is 160 Å². The van der Waals surface area contributed by atoms with Crippen molar-refractivity contribution in [2.24, 2.45) is 4.99 Å². The van der Waals surface area contributed by atoms with Crippen LogP contribution in [0.3, 0.4) is 0 Å². The Morgan fingerprint density at radius 3 is 1.50 bits per heavy atom. The van der Waals surface area contributed by atoms with Crippen molar-refractivity contribution in [3.05, 3.63) is 49.3 Å². The van der Waals surface area contributed by atoms with Crippen LogP contribution in [0.5, 0.6) is 28.7 Å². The van der Waals surface area contributed by atoms with E-state index >= 15 is 0 Å². The number of hydrogen-bond acceptors (Lipinski definition) is 19. The molecule has 5 aromatic carbocycles. The topological polar surface area (TPSA) is 259 Å². The minimum absolute atomic E-state index is 0.000319. The van der Waals surface area contributed by atoms with Gasteiger partial charge in [-0.25, -0.2) is 0 Å². The first-order valence-electron chi connectivity index (χ1n) is 24.6. The first kappa shape index (κ1) is 57.1. The molecular weight excluding hydrogens is 965 g/mol. The van der Waals surface area contributed by atoms with Crippen molar-refractivity contribution < 1.29 is 71.9 Å². The summed E-state index contributed by atoms with van der Waals surface area (Å²) in [7, 11) is 7.43. The third kappa shape index (κ3) is 13.4. The number of fused-ring (bicyclic) bond motifs is 1. The van der Waals surface area contributed by atoms with Crippen molar-refractivity contribution in [3.63, 3.8) is 0 Å². The van der Waals surface area contributed by atoms with Crippen LogP contribution in [0.4, 0.5) is 5.69 Å². The fraction of sp³-hybridized carbons (Fsp3) is 0.528. The summed E-state index contributed by atoms with van der Waals surface area (Å²) in [4.78, 5) is 59.5. The van der Waals surface area contributed by atoms with E-state index < -0.39 is 22.5 Å². The predicted molar refractivity (Wildman–Crippen MR) is 281 cm³/mol. The molecule has 0 aliphatic heterocycles. The van der Waals surface area contributed by atoms with Gasteiger partial charge in [0.1, 0.15) is 11.5 Å². The van der Waals surface area contributed by atoms with Crippen molar-refractivity contribution in [1.29, 1.82) is 0 Å². The van der Waals surface area contributed by atoms with E-state index in [1.54, 1.807) is 21.1 Å². The molecule has 0 bridgehead atoms. The Labute approximate surface area is 429 Å². The molecule has 0 heterocycles. The number of hydrogen-bond donors (Lipinski definition) is 5. The number of rotatable bonds is 35. The lowest BCUT2D eigenvalue weighted by Gasteiger charge is -2.26. The summed E-state index contributed by atoms with van der Waals surface area (Å²) in [5, 5.41) is 35.6. The first-order valence-corrected chi connectivity index (χ1v) is 24.6. The number of allylic oxidation sites excluding steroid dienone is 1. The number of nitrogens with zero attached hydrogens (tertiary/aromatic N) is 1. The monoisotopic (exact) mass is 1030 g/mol. The Balaban J connectivity index is 1.28. The fourth-order valence-electron chi connectivity index (χ4n) is 9.26. The maximum atomic E-state index is 14.3. The number of phenolic OH excluding ortho intramolecular Hbond substituents is 2. The van der Waals surface area contributed by atoms with E-state index in [1.165, 1.54) is 33.5 Å². The van der Waals surface area contributed by atoms with Gasteiger partial charge in [-0.15, -0.1) is 0 Å². The number of benzene rings is 5. The molecule has 6 rings (SSSR count). The molecule has 5 N–H and O–H groups in total. The Hall–Kier alpha value is -6.17. The lowest BCUT2D eigenvalue weighted by atomic mass is 9.80. The average molecular weight is 1040 g/mol. The van der Waals surface area contributed by atoms with Crippen LogP contribution in [0.25, 0.3) is 49.2 Å². The van der Waals surface area contributed by atoms with Crippen LogP contribution >= 0.6 is 0 Å². The van der Waals surface area contributed by atoms with Gasteiger partial charge in [-0.05, 0) is 19.2 Å².